The fraction of sp³-hybridized carbons (Fsp3) is 0.318. The second-order valence-electron chi connectivity index (χ2n) is 9.11. The molecule has 0 fully saturated rings. The van der Waals surface area contributed by atoms with Crippen molar-refractivity contribution in [2.45, 2.75) is 38.8 Å². The Bertz CT molecular complexity index is 1410. The third-order valence-corrected chi connectivity index (χ3v) is 7.12. The molecule has 3 heterocycles. The smallest absolute Gasteiger partial charge is 0.408 e. The quantitative estimate of drug-likeness (QED) is 0.499. The number of ether oxygens (including phenoxy) is 1. The lowest BCUT2D eigenvalue weighted by Gasteiger charge is -2.28. The topological polar surface area (TPSA) is 156 Å². The number of rotatable bonds is 4. The summed E-state index contributed by atoms with van der Waals surface area (Å²) in [6.07, 6.45) is 0.363. The summed E-state index contributed by atoms with van der Waals surface area (Å²) < 4.78 is 46.9. The fourth-order valence-electron chi connectivity index (χ4n) is 3.70. The molecular weight excluding hydrogens is 515 g/mol. The minimum Gasteiger partial charge on any atom is -0.444 e. The maximum absolute atomic E-state index is 15.3. The lowest BCUT2D eigenvalue weighted by Crippen LogP contribution is -2.51. The summed E-state index contributed by atoms with van der Waals surface area (Å²) in [7, 11) is -4.26. The zero-order valence-electron chi connectivity index (χ0n) is 19.4. The van der Waals surface area contributed by atoms with E-state index >= 15 is 4.39 Å². The van der Waals surface area contributed by atoms with Gasteiger partial charge in [-0.25, -0.2) is 13.2 Å². The van der Waals surface area contributed by atoms with E-state index in [1.54, 1.807) is 45.0 Å². The van der Waals surface area contributed by atoms with E-state index in [9.17, 15) is 18.0 Å². The number of allylic oxidation sites excluding steroid dienone is 3. The highest BCUT2D eigenvalue weighted by molar-refractivity contribution is 7.95. The Morgan fingerprint density at radius 2 is 1.97 bits per heavy atom. The molecule has 2 aliphatic rings. The first-order chi connectivity index (χ1) is 16.8. The average molecular weight is 537 g/mol. The maximum Gasteiger partial charge on any atom is 0.408 e. The number of nitrogens with one attached hydrogen (secondary N) is 3. The molecule has 190 valence electrons. The maximum atomic E-state index is 15.3. The number of ketones is 1. The molecule has 0 saturated heterocycles. The Balaban J connectivity index is 1.81. The molecule has 1 aromatic heterocycles. The third-order valence-electron chi connectivity index (χ3n) is 5.17. The van der Waals surface area contributed by atoms with Crippen molar-refractivity contribution in [3.8, 4) is 0 Å². The fourth-order valence-corrected chi connectivity index (χ4v) is 5.45. The van der Waals surface area contributed by atoms with E-state index in [0.29, 0.717) is 10.6 Å². The first kappa shape index (κ1) is 25.5. The van der Waals surface area contributed by atoms with Crippen molar-refractivity contribution < 1.29 is 27.1 Å². The minimum atomic E-state index is -4.26. The van der Waals surface area contributed by atoms with Crippen LogP contribution in [0.15, 0.2) is 52.5 Å². The normalized spacial score (nSPS) is 19.8. The molecule has 4 rings (SSSR count). The molecule has 2 aromatic rings. The van der Waals surface area contributed by atoms with Crippen molar-refractivity contribution in [2.75, 3.05) is 5.75 Å². The Labute approximate surface area is 210 Å². The molecule has 0 aliphatic carbocycles. The van der Waals surface area contributed by atoms with Gasteiger partial charge >= 0.3 is 6.09 Å². The van der Waals surface area contributed by atoms with Crippen LogP contribution in [0.2, 0.25) is 5.02 Å². The van der Waals surface area contributed by atoms with Crippen LogP contribution in [0.25, 0.3) is 5.57 Å². The van der Waals surface area contributed by atoms with Gasteiger partial charge in [-0.1, -0.05) is 23.7 Å². The minimum absolute atomic E-state index is 0.0345. The SMILES string of the molecule is CC(C)(C)OC(=O)N[C@H]1CS(=O)(=O)C2=C(C1=O)C(Cc1ccc(Cl)cc1)=CC(c1nn[nH]n1)=C(F)N2. The van der Waals surface area contributed by atoms with Gasteiger partial charge in [0.2, 0.25) is 11.8 Å². The van der Waals surface area contributed by atoms with Crippen molar-refractivity contribution >= 4 is 38.9 Å². The van der Waals surface area contributed by atoms with Crippen LogP contribution in [0, 0.1) is 0 Å². The van der Waals surface area contributed by atoms with Crippen LogP contribution in [0.5, 0.6) is 0 Å². The molecule has 0 bridgehead atoms. The second kappa shape index (κ2) is 9.47. The van der Waals surface area contributed by atoms with Gasteiger partial charge in [-0.2, -0.15) is 9.60 Å². The van der Waals surface area contributed by atoms with Crippen molar-refractivity contribution in [3.05, 3.63) is 68.9 Å². The van der Waals surface area contributed by atoms with Gasteiger partial charge < -0.3 is 15.4 Å². The number of aromatic amines is 1. The summed E-state index contributed by atoms with van der Waals surface area (Å²) in [5, 5.41) is 17.6. The van der Waals surface area contributed by atoms with Crippen LogP contribution >= 0.6 is 11.6 Å². The Morgan fingerprint density at radius 3 is 2.58 bits per heavy atom. The average Bonchev–Trinajstić information content (AvgIpc) is 3.24. The molecular formula is C22H22ClFN6O5S. The number of benzene rings is 1. The van der Waals surface area contributed by atoms with Crippen molar-refractivity contribution in [2.24, 2.45) is 0 Å². The van der Waals surface area contributed by atoms with Gasteiger partial charge in [-0.05, 0) is 61.8 Å². The first-order valence-electron chi connectivity index (χ1n) is 10.7. The highest BCUT2D eigenvalue weighted by Crippen LogP contribution is 2.35. The zero-order valence-corrected chi connectivity index (χ0v) is 21.0. The number of H-pyrrole nitrogens is 1. The van der Waals surface area contributed by atoms with E-state index in [1.807, 2.05) is 0 Å². The van der Waals surface area contributed by atoms with Crippen molar-refractivity contribution in [1.29, 1.82) is 0 Å². The number of carbonyl (C=O) groups is 2. The van der Waals surface area contributed by atoms with E-state index in [4.69, 9.17) is 16.3 Å². The van der Waals surface area contributed by atoms with E-state index < -0.39 is 50.1 Å². The number of carbonyl (C=O) groups excluding carboxylic acids is 2. The van der Waals surface area contributed by atoms with Crippen LogP contribution in [0.4, 0.5) is 9.18 Å². The number of hydrogen-bond acceptors (Lipinski definition) is 9. The Hall–Kier alpha value is -3.58. The van der Waals surface area contributed by atoms with Gasteiger partial charge in [0.05, 0.1) is 16.9 Å². The molecule has 36 heavy (non-hydrogen) atoms. The van der Waals surface area contributed by atoms with Crippen LogP contribution in [-0.4, -0.2) is 58.3 Å². The molecule has 2 aliphatic heterocycles. The van der Waals surface area contributed by atoms with E-state index in [-0.39, 0.29) is 29.0 Å². The Morgan fingerprint density at radius 1 is 1.28 bits per heavy atom. The number of hydrogen-bond donors (Lipinski definition) is 3. The molecule has 14 heteroatoms. The van der Waals surface area contributed by atoms with Crippen LogP contribution < -0.4 is 10.6 Å². The monoisotopic (exact) mass is 536 g/mol. The molecule has 1 amide bonds. The van der Waals surface area contributed by atoms with Crippen LogP contribution in [0.1, 0.15) is 32.2 Å². The van der Waals surface area contributed by atoms with Gasteiger partial charge in [-0.15, -0.1) is 10.2 Å². The standard InChI is InChI=1S/C22H22ClFN6O5S/c1-22(2,3)35-21(32)25-15-10-36(33,34)20-16(17(15)31)12(8-11-4-6-13(23)7-5-11)9-14(18(24)26-20)19-27-29-30-28-19/h4-7,9,15,26H,8,10H2,1-3H3,(H,25,32)(H,27,28,29,30)/t15-/m0/s1. The highest BCUT2D eigenvalue weighted by atomic mass is 35.5. The summed E-state index contributed by atoms with van der Waals surface area (Å²) >= 11 is 5.97. The van der Waals surface area contributed by atoms with Gasteiger partial charge in [0, 0.05) is 5.02 Å². The predicted molar refractivity (Wildman–Crippen MR) is 128 cm³/mol. The summed E-state index contributed by atoms with van der Waals surface area (Å²) in [6, 6.07) is 5.19. The number of tetrazole rings is 1. The van der Waals surface area contributed by atoms with Gasteiger partial charge in [0.1, 0.15) is 16.7 Å². The number of sulfone groups is 1. The van der Waals surface area contributed by atoms with Crippen LogP contribution in [-0.2, 0) is 25.8 Å². The molecule has 3 N–H and O–H groups in total. The third kappa shape index (κ3) is 5.46. The van der Waals surface area contributed by atoms with Gasteiger partial charge in [0.25, 0.3) is 0 Å². The lowest BCUT2D eigenvalue weighted by atomic mass is 9.91. The lowest BCUT2D eigenvalue weighted by molar-refractivity contribution is -0.117. The van der Waals surface area contributed by atoms with Gasteiger partial charge in [-0.3, -0.25) is 4.79 Å². The van der Waals surface area contributed by atoms with Crippen LogP contribution in [0.3, 0.4) is 0 Å². The Kier molecular flexibility index (Phi) is 6.71. The molecule has 11 nitrogen and oxygen atoms in total. The molecule has 0 saturated carbocycles. The van der Waals surface area contributed by atoms with E-state index in [1.165, 1.54) is 6.08 Å². The van der Waals surface area contributed by atoms with Gasteiger partial charge in [0.15, 0.2) is 15.6 Å². The van der Waals surface area contributed by atoms with E-state index in [2.05, 4.69) is 31.3 Å². The number of amides is 1. The molecule has 0 unspecified atom stereocenters. The summed E-state index contributed by atoms with van der Waals surface area (Å²) in [5.41, 5.74) is -0.537. The summed E-state index contributed by atoms with van der Waals surface area (Å²) in [5.74, 6) is -2.73. The number of aromatic nitrogens is 4. The largest absolute Gasteiger partial charge is 0.444 e. The molecule has 0 radical (unpaired) electrons. The number of Topliss-reactive ketones (excluding diaryl/α,β-unsaturated/α-hetero) is 1. The first-order valence-corrected chi connectivity index (χ1v) is 12.7. The zero-order chi connectivity index (χ0) is 26.3. The highest BCUT2D eigenvalue weighted by Gasteiger charge is 2.43. The molecule has 0 spiro atoms. The molecule has 1 aromatic carbocycles. The van der Waals surface area contributed by atoms with E-state index in [0.717, 1.165) is 0 Å². The molecule has 1 atom stereocenters. The number of alkyl carbamates (subject to hydrolysis) is 1. The summed E-state index contributed by atoms with van der Waals surface area (Å²) in [4.78, 5) is 25.9. The predicted octanol–water partition coefficient (Wildman–Crippen LogP) is 2.37. The number of nitrogens with zero attached hydrogens (tertiary/aromatic N) is 3. The van der Waals surface area contributed by atoms with Crippen molar-refractivity contribution in [1.82, 2.24) is 31.3 Å². The summed E-state index contributed by atoms with van der Waals surface area (Å²) in [6.45, 7) is 4.88. The van der Waals surface area contributed by atoms with Crippen molar-refractivity contribution in [3.63, 3.8) is 0 Å². The second-order valence-corrected chi connectivity index (χ2v) is 11.5. The number of halogens is 2.